The molecule has 0 aliphatic rings. The van der Waals surface area contributed by atoms with Crippen LogP contribution >= 0.6 is 11.3 Å². The third-order valence-corrected chi connectivity index (χ3v) is 2.33. The van der Waals surface area contributed by atoms with Crippen molar-refractivity contribution in [1.29, 1.82) is 0 Å². The molecule has 1 heterocycles. The zero-order valence-corrected chi connectivity index (χ0v) is 8.19. The summed E-state index contributed by atoms with van der Waals surface area (Å²) >= 11 is 1.58. The van der Waals surface area contributed by atoms with Crippen LogP contribution in [0.3, 0.4) is 0 Å². The minimum absolute atomic E-state index is 0.0224. The third-order valence-electron chi connectivity index (χ3n) is 1.45. The van der Waals surface area contributed by atoms with Gasteiger partial charge in [-0.05, 0) is 18.4 Å². The minimum atomic E-state index is -0.207. The van der Waals surface area contributed by atoms with Crippen molar-refractivity contribution in [2.24, 2.45) is 0 Å². The molecule has 1 aromatic rings. The first-order valence-electron chi connectivity index (χ1n) is 3.97. The molecule has 3 nitrogen and oxygen atoms in total. The number of thiophene rings is 1. The maximum atomic E-state index is 11.0. The average Bonchev–Trinajstić information content (AvgIpc) is 2.51. The Morgan fingerprint density at radius 1 is 1.54 bits per heavy atom. The Bertz CT molecular complexity index is 293. The van der Waals surface area contributed by atoms with Crippen molar-refractivity contribution in [3.05, 3.63) is 22.4 Å². The van der Waals surface area contributed by atoms with Gasteiger partial charge in [-0.15, -0.1) is 11.3 Å². The quantitative estimate of drug-likeness (QED) is 0.740. The molecule has 0 aliphatic heterocycles. The fourth-order valence-corrected chi connectivity index (χ4v) is 1.53. The highest BCUT2D eigenvalue weighted by Gasteiger charge is 2.04. The van der Waals surface area contributed by atoms with Gasteiger partial charge in [0.2, 0.25) is 5.91 Å². The number of Topliss-reactive ketones (excluding diaryl/α,β-unsaturated/α-hetero) is 1. The first kappa shape index (κ1) is 9.92. The Morgan fingerprint density at radius 2 is 2.31 bits per heavy atom. The number of carbonyl (C=O) groups is 2. The summed E-state index contributed by atoms with van der Waals surface area (Å²) in [5, 5.41) is 4.62. The van der Waals surface area contributed by atoms with Gasteiger partial charge < -0.3 is 5.32 Å². The molecule has 0 saturated heterocycles. The highest BCUT2D eigenvalue weighted by atomic mass is 32.1. The van der Waals surface area contributed by atoms with Crippen molar-refractivity contribution in [1.82, 2.24) is 5.32 Å². The number of amides is 1. The summed E-state index contributed by atoms with van der Waals surface area (Å²) in [6.07, 6.45) is -0.0224. The van der Waals surface area contributed by atoms with Gasteiger partial charge in [-0.1, -0.05) is 6.07 Å². The zero-order valence-electron chi connectivity index (χ0n) is 7.37. The number of carbonyl (C=O) groups excluding carboxylic acids is 2. The second-order valence-corrected chi connectivity index (χ2v) is 3.77. The summed E-state index contributed by atoms with van der Waals surface area (Å²) in [5.74, 6) is -0.315. The van der Waals surface area contributed by atoms with Crippen LogP contribution in [0.15, 0.2) is 17.5 Å². The summed E-state index contributed by atoms with van der Waals surface area (Å²) in [4.78, 5) is 22.7. The lowest BCUT2D eigenvalue weighted by molar-refractivity contribution is -0.127. The molecule has 0 atom stereocenters. The van der Waals surface area contributed by atoms with Crippen LogP contribution in [0.5, 0.6) is 0 Å². The molecule has 0 aliphatic carbocycles. The van der Waals surface area contributed by atoms with Crippen LogP contribution in [0, 0.1) is 0 Å². The Morgan fingerprint density at radius 3 is 2.85 bits per heavy atom. The van der Waals surface area contributed by atoms with Crippen LogP contribution in [0.2, 0.25) is 0 Å². The topological polar surface area (TPSA) is 46.2 Å². The number of hydrogen-bond acceptors (Lipinski definition) is 3. The molecule has 13 heavy (non-hydrogen) atoms. The second-order valence-electron chi connectivity index (χ2n) is 2.73. The zero-order chi connectivity index (χ0) is 9.68. The monoisotopic (exact) mass is 197 g/mol. The van der Waals surface area contributed by atoms with E-state index in [1.165, 1.54) is 6.92 Å². The van der Waals surface area contributed by atoms with Gasteiger partial charge in [0, 0.05) is 4.88 Å². The summed E-state index contributed by atoms with van der Waals surface area (Å²) in [5.41, 5.74) is 0. The van der Waals surface area contributed by atoms with Gasteiger partial charge in [0.1, 0.15) is 5.78 Å². The lowest BCUT2D eigenvalue weighted by Crippen LogP contribution is -2.23. The number of hydrogen-bond donors (Lipinski definition) is 1. The smallest absolute Gasteiger partial charge is 0.227 e. The molecular formula is C9H11NO2S. The summed E-state index contributed by atoms with van der Waals surface area (Å²) in [7, 11) is 0. The molecule has 4 heteroatoms. The molecule has 1 aromatic heterocycles. The van der Waals surface area contributed by atoms with Gasteiger partial charge in [-0.3, -0.25) is 9.59 Å². The number of rotatable bonds is 4. The molecule has 70 valence electrons. The van der Waals surface area contributed by atoms with E-state index < -0.39 is 0 Å². The molecule has 0 bridgehead atoms. The standard InChI is InChI=1S/C9H11NO2S/c1-7(11)5-9(12)10-6-8-3-2-4-13-8/h2-4H,5-6H2,1H3,(H,10,12). The van der Waals surface area contributed by atoms with E-state index in [9.17, 15) is 9.59 Å². The lowest BCUT2D eigenvalue weighted by atomic mass is 10.3. The van der Waals surface area contributed by atoms with Gasteiger partial charge in [-0.2, -0.15) is 0 Å². The molecule has 0 radical (unpaired) electrons. The van der Waals surface area contributed by atoms with E-state index in [-0.39, 0.29) is 18.1 Å². The van der Waals surface area contributed by atoms with Gasteiger partial charge in [0.05, 0.1) is 13.0 Å². The summed E-state index contributed by atoms with van der Waals surface area (Å²) in [6.45, 7) is 1.93. The van der Waals surface area contributed by atoms with E-state index in [1.807, 2.05) is 17.5 Å². The molecule has 0 saturated carbocycles. The highest BCUT2D eigenvalue weighted by molar-refractivity contribution is 7.09. The van der Waals surface area contributed by atoms with Gasteiger partial charge >= 0.3 is 0 Å². The molecule has 0 unspecified atom stereocenters. The number of ketones is 1. The first-order valence-corrected chi connectivity index (χ1v) is 4.85. The van der Waals surface area contributed by atoms with E-state index in [1.54, 1.807) is 11.3 Å². The molecule has 1 N–H and O–H groups in total. The Labute approximate surface area is 80.8 Å². The molecule has 0 spiro atoms. The Balaban J connectivity index is 2.27. The predicted molar refractivity (Wildman–Crippen MR) is 51.5 cm³/mol. The van der Waals surface area contributed by atoms with Crippen molar-refractivity contribution >= 4 is 23.0 Å². The van der Waals surface area contributed by atoms with Crippen molar-refractivity contribution in [2.45, 2.75) is 19.9 Å². The van der Waals surface area contributed by atoms with Gasteiger partial charge in [0.15, 0.2) is 0 Å². The van der Waals surface area contributed by atoms with Crippen molar-refractivity contribution in [3.8, 4) is 0 Å². The van der Waals surface area contributed by atoms with E-state index >= 15 is 0 Å². The maximum absolute atomic E-state index is 11.0. The fourth-order valence-electron chi connectivity index (χ4n) is 0.887. The second kappa shape index (κ2) is 4.77. The van der Waals surface area contributed by atoms with Gasteiger partial charge in [0.25, 0.3) is 0 Å². The van der Waals surface area contributed by atoms with Crippen LogP contribution in [-0.4, -0.2) is 11.7 Å². The third kappa shape index (κ3) is 3.85. The number of nitrogens with one attached hydrogen (secondary N) is 1. The Hall–Kier alpha value is -1.16. The molecule has 1 amide bonds. The van der Waals surface area contributed by atoms with Gasteiger partial charge in [-0.25, -0.2) is 0 Å². The minimum Gasteiger partial charge on any atom is -0.351 e. The predicted octanol–water partition coefficient (Wildman–Crippen LogP) is 1.34. The van der Waals surface area contributed by atoms with Crippen molar-refractivity contribution < 1.29 is 9.59 Å². The SMILES string of the molecule is CC(=O)CC(=O)NCc1cccs1. The van der Waals surface area contributed by atoms with E-state index in [0.29, 0.717) is 6.54 Å². The Kier molecular flexibility index (Phi) is 3.64. The molecule has 0 fully saturated rings. The maximum Gasteiger partial charge on any atom is 0.227 e. The highest BCUT2D eigenvalue weighted by Crippen LogP contribution is 2.07. The van der Waals surface area contributed by atoms with Crippen LogP contribution < -0.4 is 5.32 Å². The fraction of sp³-hybridized carbons (Fsp3) is 0.333. The first-order chi connectivity index (χ1) is 6.18. The van der Waals surface area contributed by atoms with E-state index in [2.05, 4.69) is 5.32 Å². The summed E-state index contributed by atoms with van der Waals surface area (Å²) in [6, 6.07) is 3.87. The lowest BCUT2D eigenvalue weighted by Gasteiger charge is -2.00. The summed E-state index contributed by atoms with van der Waals surface area (Å²) < 4.78 is 0. The normalized spacial score (nSPS) is 9.62. The molecule has 1 rings (SSSR count). The van der Waals surface area contributed by atoms with E-state index in [4.69, 9.17) is 0 Å². The van der Waals surface area contributed by atoms with Crippen LogP contribution in [0.25, 0.3) is 0 Å². The van der Waals surface area contributed by atoms with E-state index in [0.717, 1.165) is 4.88 Å². The van der Waals surface area contributed by atoms with Crippen LogP contribution in [0.4, 0.5) is 0 Å². The molecular weight excluding hydrogens is 186 g/mol. The molecule has 0 aromatic carbocycles. The van der Waals surface area contributed by atoms with Crippen LogP contribution in [0.1, 0.15) is 18.2 Å². The van der Waals surface area contributed by atoms with Crippen molar-refractivity contribution in [2.75, 3.05) is 0 Å². The van der Waals surface area contributed by atoms with Crippen molar-refractivity contribution in [3.63, 3.8) is 0 Å². The van der Waals surface area contributed by atoms with Crippen LogP contribution in [-0.2, 0) is 16.1 Å². The largest absolute Gasteiger partial charge is 0.351 e. The average molecular weight is 197 g/mol.